The number of aromatic nitrogens is 4. The zero-order valence-electron chi connectivity index (χ0n) is 23.1. The van der Waals surface area contributed by atoms with Gasteiger partial charge in [0.05, 0.1) is 29.1 Å². The van der Waals surface area contributed by atoms with Crippen LogP contribution in [0.4, 0.5) is 41.0 Å². The number of halogens is 4. The van der Waals surface area contributed by atoms with Gasteiger partial charge in [-0.2, -0.15) is 18.2 Å². The Balaban J connectivity index is 0.000000472. The number of fused-ring (bicyclic) bond motifs is 2. The summed E-state index contributed by atoms with van der Waals surface area (Å²) in [5.74, 6) is 0.160. The first kappa shape index (κ1) is 30.0. The maximum Gasteiger partial charge on any atom is 0.490 e. The molecule has 43 heavy (non-hydrogen) atoms. The van der Waals surface area contributed by atoms with Crippen LogP contribution in [0.3, 0.4) is 0 Å². The molecule has 0 spiro atoms. The van der Waals surface area contributed by atoms with Crippen LogP contribution in [0.15, 0.2) is 47.4 Å². The lowest BCUT2D eigenvalue weighted by Gasteiger charge is -2.35. The summed E-state index contributed by atoms with van der Waals surface area (Å²) in [5, 5.41) is 10.3. The van der Waals surface area contributed by atoms with Crippen LogP contribution in [0.2, 0.25) is 0 Å². The highest BCUT2D eigenvalue weighted by atomic mass is 32.2. The number of carbonyl (C=O) groups is 1. The molecule has 1 saturated heterocycles. The zero-order valence-corrected chi connectivity index (χ0v) is 23.9. The monoisotopic (exact) mass is 621 g/mol. The van der Waals surface area contributed by atoms with E-state index in [1.54, 1.807) is 19.2 Å². The van der Waals surface area contributed by atoms with Gasteiger partial charge in [0.2, 0.25) is 11.9 Å². The Kier molecular flexibility index (Phi) is 8.39. The summed E-state index contributed by atoms with van der Waals surface area (Å²) in [6.45, 7) is 2.92. The Bertz CT molecular complexity index is 1690. The second-order valence-corrected chi connectivity index (χ2v) is 11.2. The molecule has 0 bridgehead atoms. The van der Waals surface area contributed by atoms with Crippen LogP contribution in [0.5, 0.6) is 5.75 Å². The van der Waals surface area contributed by atoms with Crippen LogP contribution >= 0.6 is 0 Å². The molecule has 2 aliphatic rings. The minimum absolute atomic E-state index is 0.345. The van der Waals surface area contributed by atoms with E-state index in [1.807, 2.05) is 25.2 Å². The van der Waals surface area contributed by atoms with E-state index in [1.165, 1.54) is 12.1 Å². The quantitative estimate of drug-likeness (QED) is 0.317. The number of nitrogens with zero attached hydrogens (tertiary/aromatic N) is 6. The van der Waals surface area contributed by atoms with Gasteiger partial charge in [0.1, 0.15) is 22.0 Å². The summed E-state index contributed by atoms with van der Waals surface area (Å²) in [6, 6.07) is 12.1. The molecule has 0 amide bonds. The highest BCUT2D eigenvalue weighted by Crippen LogP contribution is 2.33. The van der Waals surface area contributed by atoms with Crippen molar-refractivity contribution in [3.8, 4) is 5.75 Å². The van der Waals surface area contributed by atoms with Crippen LogP contribution in [-0.2, 0) is 29.1 Å². The summed E-state index contributed by atoms with van der Waals surface area (Å²) in [6.07, 6.45) is -4.45. The number of piperazine rings is 1. The van der Waals surface area contributed by atoms with Gasteiger partial charge in [-0.25, -0.2) is 19.2 Å². The lowest BCUT2D eigenvalue weighted by molar-refractivity contribution is -0.192. The maximum atomic E-state index is 13.7. The van der Waals surface area contributed by atoms with Crippen LogP contribution in [0.1, 0.15) is 5.69 Å². The average Bonchev–Trinajstić information content (AvgIpc) is 3.52. The van der Waals surface area contributed by atoms with Gasteiger partial charge < -0.3 is 29.5 Å². The Labute approximate surface area is 245 Å². The van der Waals surface area contributed by atoms with Gasteiger partial charge in [-0.15, -0.1) is 0 Å². The SMILES string of the molecule is COc1cccc2c1nc(N1CCN(c3nc4c(c(Nc5cccc(F)c5)n3)S(=O)CC4)CC1)n2C.O=C(O)C(F)(F)F. The fourth-order valence-electron chi connectivity index (χ4n) is 4.84. The number of aryl methyl sites for hydroxylation is 2. The lowest BCUT2D eigenvalue weighted by atomic mass is 10.3. The average molecular weight is 622 g/mol. The van der Waals surface area contributed by atoms with Crippen LogP contribution in [-0.4, -0.2) is 80.0 Å². The molecule has 16 heteroatoms. The third-order valence-electron chi connectivity index (χ3n) is 6.92. The van der Waals surface area contributed by atoms with E-state index in [0.717, 1.165) is 41.5 Å². The number of carboxylic acid groups (broad SMARTS) is 1. The van der Waals surface area contributed by atoms with Gasteiger partial charge in [-0.05, 0) is 30.3 Å². The van der Waals surface area contributed by atoms with E-state index in [9.17, 15) is 21.8 Å². The molecule has 2 aliphatic heterocycles. The minimum atomic E-state index is -5.08. The summed E-state index contributed by atoms with van der Waals surface area (Å²) >= 11 is 0. The van der Waals surface area contributed by atoms with E-state index in [0.29, 0.717) is 47.6 Å². The standard InChI is InChI=1S/C25H26FN7O2S.C2HF3O2/c1-31-19-7-4-8-20(35-2)21(19)29-25(31)33-12-10-32(11-13-33)24-28-18-9-14-36(34)22(18)23(30-24)27-17-6-3-5-16(26)15-17;3-2(4,5)1(6)7/h3-8,15H,9-14H2,1-2H3,(H,27,28,30);(H,6,7). The molecule has 2 aromatic carbocycles. The van der Waals surface area contributed by atoms with Crippen molar-refractivity contribution in [3.05, 3.63) is 54.0 Å². The number of methoxy groups -OCH3 is 1. The Hall–Kier alpha value is -4.47. The molecule has 4 heterocycles. The molecule has 1 unspecified atom stereocenters. The van der Waals surface area contributed by atoms with Crippen molar-refractivity contribution in [3.63, 3.8) is 0 Å². The number of benzene rings is 2. The summed E-state index contributed by atoms with van der Waals surface area (Å²) in [4.78, 5) is 28.3. The van der Waals surface area contributed by atoms with Gasteiger partial charge in [0.15, 0.2) is 5.82 Å². The van der Waals surface area contributed by atoms with Gasteiger partial charge in [0.25, 0.3) is 0 Å². The molecule has 0 saturated carbocycles. The van der Waals surface area contributed by atoms with Gasteiger partial charge in [-0.3, -0.25) is 4.21 Å². The normalized spacial score (nSPS) is 16.5. The summed E-state index contributed by atoms with van der Waals surface area (Å²) < 4.78 is 65.7. The summed E-state index contributed by atoms with van der Waals surface area (Å²) in [5.41, 5.74) is 3.23. The van der Waals surface area contributed by atoms with Crippen molar-refractivity contribution in [1.82, 2.24) is 19.5 Å². The van der Waals surface area contributed by atoms with Crippen molar-refractivity contribution in [2.45, 2.75) is 17.5 Å². The van der Waals surface area contributed by atoms with Gasteiger partial charge in [0, 0.05) is 51.1 Å². The smallest absolute Gasteiger partial charge is 0.490 e. The number of alkyl halides is 3. The molecule has 228 valence electrons. The number of rotatable bonds is 5. The predicted molar refractivity (Wildman–Crippen MR) is 152 cm³/mol. The van der Waals surface area contributed by atoms with Crippen LogP contribution in [0, 0.1) is 5.82 Å². The Morgan fingerprint density at radius 2 is 1.72 bits per heavy atom. The first-order valence-electron chi connectivity index (χ1n) is 13.1. The highest BCUT2D eigenvalue weighted by Gasteiger charge is 2.38. The molecule has 0 radical (unpaired) electrons. The molecule has 1 atom stereocenters. The van der Waals surface area contributed by atoms with Crippen LogP contribution in [0.25, 0.3) is 11.0 Å². The number of imidazole rings is 1. The number of nitrogens with one attached hydrogen (secondary N) is 1. The predicted octanol–water partition coefficient (Wildman–Crippen LogP) is 3.88. The zero-order chi connectivity index (χ0) is 30.9. The fraction of sp³-hybridized carbons (Fsp3) is 0.333. The molecule has 4 aromatic rings. The molecular formula is C27H27F4N7O4S. The third kappa shape index (κ3) is 6.33. The molecular weight excluding hydrogens is 594 g/mol. The van der Waals surface area contributed by atoms with E-state index < -0.39 is 22.9 Å². The number of anilines is 4. The Morgan fingerprint density at radius 3 is 2.37 bits per heavy atom. The second kappa shape index (κ2) is 12.0. The van der Waals surface area contributed by atoms with E-state index in [-0.39, 0.29) is 5.82 Å². The fourth-order valence-corrected chi connectivity index (χ4v) is 6.15. The maximum absolute atomic E-state index is 13.7. The topological polar surface area (TPSA) is 126 Å². The first-order valence-corrected chi connectivity index (χ1v) is 14.4. The van der Waals surface area contributed by atoms with E-state index in [4.69, 9.17) is 29.6 Å². The van der Waals surface area contributed by atoms with Gasteiger partial charge >= 0.3 is 12.1 Å². The lowest BCUT2D eigenvalue weighted by Crippen LogP contribution is -2.48. The third-order valence-corrected chi connectivity index (χ3v) is 8.38. The van der Waals surface area contributed by atoms with E-state index >= 15 is 0 Å². The molecule has 0 aliphatic carbocycles. The molecule has 2 N–H and O–H groups in total. The number of para-hydroxylation sites is 1. The molecule has 6 rings (SSSR count). The second-order valence-electron chi connectivity index (χ2n) is 9.66. The number of carboxylic acids is 1. The van der Waals surface area contributed by atoms with Gasteiger partial charge in [-0.1, -0.05) is 12.1 Å². The minimum Gasteiger partial charge on any atom is -0.494 e. The Morgan fingerprint density at radius 1 is 1.05 bits per heavy atom. The molecule has 2 aromatic heterocycles. The van der Waals surface area contributed by atoms with Crippen molar-refractivity contribution in [2.75, 3.05) is 54.2 Å². The first-order chi connectivity index (χ1) is 20.5. The highest BCUT2D eigenvalue weighted by molar-refractivity contribution is 7.85. The number of hydrogen-bond donors (Lipinski definition) is 2. The number of aliphatic carboxylic acids is 1. The van der Waals surface area contributed by atoms with E-state index in [2.05, 4.69) is 19.7 Å². The summed E-state index contributed by atoms with van der Waals surface area (Å²) in [7, 11) is 2.50. The van der Waals surface area contributed by atoms with Crippen molar-refractivity contribution >= 4 is 51.2 Å². The number of ether oxygens (including phenoxy) is 1. The van der Waals surface area contributed by atoms with Crippen molar-refractivity contribution in [2.24, 2.45) is 7.05 Å². The van der Waals surface area contributed by atoms with Crippen molar-refractivity contribution in [1.29, 1.82) is 0 Å². The van der Waals surface area contributed by atoms with Crippen molar-refractivity contribution < 1.29 is 36.4 Å². The number of hydrogen-bond acceptors (Lipinski definition) is 9. The molecule has 11 nitrogen and oxygen atoms in total. The largest absolute Gasteiger partial charge is 0.494 e. The van der Waals surface area contributed by atoms with Crippen LogP contribution < -0.4 is 19.9 Å². The molecule has 1 fully saturated rings.